The molecule has 1 fully saturated rings. The van der Waals surface area contributed by atoms with Crippen LogP contribution in [0.3, 0.4) is 0 Å². The molecule has 1 aromatic carbocycles. The highest BCUT2D eigenvalue weighted by molar-refractivity contribution is 5.82. The first-order valence-corrected chi connectivity index (χ1v) is 7.73. The molecule has 0 radical (unpaired) electrons. The second-order valence-electron chi connectivity index (χ2n) is 5.88. The Labute approximate surface area is 124 Å². The number of likely N-dealkylation sites (tertiary alicyclic amines) is 1. The summed E-state index contributed by atoms with van der Waals surface area (Å²) in [7, 11) is 0. The lowest BCUT2D eigenvalue weighted by molar-refractivity contribution is -0.918. The lowest BCUT2D eigenvalue weighted by atomic mass is 10.0. The molecule has 2 heterocycles. The number of nitrogens with one attached hydrogen (secondary N) is 3. The molecule has 21 heavy (non-hydrogen) atoms. The number of piperidine rings is 1. The van der Waals surface area contributed by atoms with Gasteiger partial charge in [0, 0.05) is 41.5 Å². The van der Waals surface area contributed by atoms with Crippen molar-refractivity contribution in [2.75, 3.05) is 19.6 Å². The molecular formula is C16H24N4O+2. The number of para-hydroxylation sites is 1. The molecule has 0 saturated carbocycles. The van der Waals surface area contributed by atoms with Gasteiger partial charge in [0.15, 0.2) is 6.54 Å². The molecule has 0 aliphatic carbocycles. The zero-order valence-corrected chi connectivity index (χ0v) is 12.3. The van der Waals surface area contributed by atoms with Crippen LogP contribution in [0.5, 0.6) is 0 Å². The van der Waals surface area contributed by atoms with Crippen LogP contribution in [-0.2, 0) is 11.3 Å². The lowest BCUT2D eigenvalue weighted by Crippen LogP contribution is -3.12. The van der Waals surface area contributed by atoms with Crippen LogP contribution in [0, 0.1) is 0 Å². The van der Waals surface area contributed by atoms with E-state index in [2.05, 4.69) is 46.5 Å². The Bertz CT molecular complexity index is 614. The molecule has 0 unspecified atom stereocenters. The first-order valence-electron chi connectivity index (χ1n) is 7.73. The molecule has 6 N–H and O–H groups in total. The van der Waals surface area contributed by atoms with Crippen LogP contribution in [0.15, 0.2) is 30.5 Å². The highest BCUT2D eigenvalue weighted by Crippen LogP contribution is 2.16. The monoisotopic (exact) mass is 288 g/mol. The van der Waals surface area contributed by atoms with Gasteiger partial charge in [-0.05, 0) is 6.07 Å². The van der Waals surface area contributed by atoms with Crippen molar-refractivity contribution in [3.05, 3.63) is 36.0 Å². The van der Waals surface area contributed by atoms with Gasteiger partial charge in [0.25, 0.3) is 5.91 Å². The van der Waals surface area contributed by atoms with Crippen molar-refractivity contribution in [2.24, 2.45) is 0 Å². The molecule has 1 aliphatic heterocycles. The van der Waals surface area contributed by atoms with E-state index in [0.717, 1.165) is 32.5 Å². The average Bonchev–Trinajstić information content (AvgIpc) is 2.92. The summed E-state index contributed by atoms with van der Waals surface area (Å²) in [6.45, 7) is 3.62. The van der Waals surface area contributed by atoms with E-state index in [9.17, 15) is 4.79 Å². The number of carbonyl (C=O) groups excluding carboxylic acids is 1. The van der Waals surface area contributed by atoms with Crippen molar-refractivity contribution in [1.29, 1.82) is 0 Å². The molecule has 5 heteroatoms. The number of aromatic amines is 1. The molecule has 2 aromatic rings. The third kappa shape index (κ3) is 3.25. The Kier molecular flexibility index (Phi) is 4.22. The number of benzene rings is 1. The first-order chi connectivity index (χ1) is 10.3. The van der Waals surface area contributed by atoms with Crippen LogP contribution in [0.4, 0.5) is 0 Å². The summed E-state index contributed by atoms with van der Waals surface area (Å²) in [5.74, 6) is 0.0695. The highest BCUT2D eigenvalue weighted by Gasteiger charge is 2.24. The Balaban J connectivity index is 1.57. The Morgan fingerprint density at radius 1 is 1.33 bits per heavy atom. The fourth-order valence-corrected chi connectivity index (χ4v) is 3.19. The summed E-state index contributed by atoms with van der Waals surface area (Å²) < 4.78 is 0. The number of aromatic nitrogens is 1. The number of hydrogen-bond donors (Lipinski definition) is 4. The molecule has 1 saturated heterocycles. The third-order valence-corrected chi connectivity index (χ3v) is 4.40. The zero-order chi connectivity index (χ0) is 14.7. The van der Waals surface area contributed by atoms with Gasteiger partial charge in [-0.25, -0.2) is 0 Å². The number of quaternary nitrogens is 2. The van der Waals surface area contributed by atoms with Crippen molar-refractivity contribution < 1.29 is 15.4 Å². The van der Waals surface area contributed by atoms with Crippen molar-refractivity contribution in [2.45, 2.75) is 25.4 Å². The lowest BCUT2D eigenvalue weighted by Gasteiger charge is -2.29. The number of hydrogen-bond acceptors (Lipinski definition) is 1. The highest BCUT2D eigenvalue weighted by atomic mass is 16.1. The second-order valence-corrected chi connectivity index (χ2v) is 5.88. The molecule has 1 amide bonds. The van der Waals surface area contributed by atoms with Gasteiger partial charge < -0.3 is 20.9 Å². The first kappa shape index (κ1) is 14.1. The van der Waals surface area contributed by atoms with E-state index in [1.54, 1.807) is 4.90 Å². The second kappa shape index (κ2) is 6.28. The summed E-state index contributed by atoms with van der Waals surface area (Å²) in [5.41, 5.74) is 6.23. The molecule has 1 aliphatic rings. The van der Waals surface area contributed by atoms with E-state index in [1.165, 1.54) is 16.5 Å². The fraction of sp³-hybridized carbons (Fsp3) is 0.438. The SMILES string of the molecule is [NH3+]CC(=O)NC1CC[NH+](Cc2c[nH]c3ccccc23)CC1. The Hall–Kier alpha value is -1.85. The van der Waals surface area contributed by atoms with E-state index in [-0.39, 0.29) is 5.91 Å². The third-order valence-electron chi connectivity index (χ3n) is 4.40. The normalized spacial score (nSPS) is 22.3. The van der Waals surface area contributed by atoms with Crippen LogP contribution in [-0.4, -0.2) is 36.6 Å². The van der Waals surface area contributed by atoms with Gasteiger partial charge in [-0.1, -0.05) is 18.2 Å². The number of carbonyl (C=O) groups is 1. The van der Waals surface area contributed by atoms with Gasteiger partial charge >= 0.3 is 0 Å². The van der Waals surface area contributed by atoms with Crippen molar-refractivity contribution in [1.82, 2.24) is 10.3 Å². The Morgan fingerprint density at radius 3 is 2.86 bits per heavy atom. The standard InChI is InChI=1S/C16H22N4O/c17-9-16(21)19-13-5-7-20(8-6-13)11-12-10-18-15-4-2-1-3-14(12)15/h1-4,10,13,18H,5-9,11,17H2,(H,19,21)/p+2. The summed E-state index contributed by atoms with van der Waals surface area (Å²) in [6.07, 6.45) is 4.25. The molecular weight excluding hydrogens is 264 g/mol. The fourth-order valence-electron chi connectivity index (χ4n) is 3.19. The maximum atomic E-state index is 11.4. The van der Waals surface area contributed by atoms with Crippen LogP contribution >= 0.6 is 0 Å². The maximum Gasteiger partial charge on any atom is 0.275 e. The topological polar surface area (TPSA) is 77.0 Å². The van der Waals surface area contributed by atoms with E-state index < -0.39 is 0 Å². The zero-order valence-electron chi connectivity index (χ0n) is 12.3. The smallest absolute Gasteiger partial charge is 0.275 e. The van der Waals surface area contributed by atoms with Gasteiger partial charge in [-0.15, -0.1) is 0 Å². The van der Waals surface area contributed by atoms with Crippen molar-refractivity contribution >= 4 is 16.8 Å². The summed E-state index contributed by atoms with van der Waals surface area (Å²) in [5, 5.41) is 4.39. The van der Waals surface area contributed by atoms with E-state index in [1.807, 2.05) is 0 Å². The van der Waals surface area contributed by atoms with E-state index in [4.69, 9.17) is 0 Å². The van der Waals surface area contributed by atoms with Crippen LogP contribution in [0.25, 0.3) is 10.9 Å². The number of amides is 1. The summed E-state index contributed by atoms with van der Waals surface area (Å²) >= 11 is 0. The minimum Gasteiger partial charge on any atom is -0.361 e. The molecule has 0 bridgehead atoms. The summed E-state index contributed by atoms with van der Waals surface area (Å²) in [4.78, 5) is 16.3. The van der Waals surface area contributed by atoms with Gasteiger partial charge in [-0.2, -0.15) is 0 Å². The van der Waals surface area contributed by atoms with Crippen molar-refractivity contribution in [3.63, 3.8) is 0 Å². The maximum absolute atomic E-state index is 11.4. The van der Waals surface area contributed by atoms with Gasteiger partial charge in [0.2, 0.25) is 0 Å². The quantitative estimate of drug-likeness (QED) is 0.577. The van der Waals surface area contributed by atoms with Gasteiger partial charge in [0.1, 0.15) is 6.54 Å². The molecule has 0 atom stereocenters. The molecule has 3 rings (SSSR count). The van der Waals surface area contributed by atoms with E-state index in [0.29, 0.717) is 12.6 Å². The minimum absolute atomic E-state index is 0.0695. The van der Waals surface area contributed by atoms with Crippen LogP contribution in [0.1, 0.15) is 18.4 Å². The van der Waals surface area contributed by atoms with Gasteiger partial charge in [0.05, 0.1) is 13.1 Å². The van der Waals surface area contributed by atoms with E-state index >= 15 is 0 Å². The molecule has 112 valence electrons. The largest absolute Gasteiger partial charge is 0.361 e. The molecule has 1 aromatic heterocycles. The van der Waals surface area contributed by atoms with Crippen LogP contribution in [0.2, 0.25) is 0 Å². The Morgan fingerprint density at radius 2 is 2.10 bits per heavy atom. The average molecular weight is 288 g/mol. The number of rotatable bonds is 4. The molecule has 5 nitrogen and oxygen atoms in total. The summed E-state index contributed by atoms with van der Waals surface area (Å²) in [6, 6.07) is 8.80. The van der Waals surface area contributed by atoms with Crippen molar-refractivity contribution in [3.8, 4) is 0 Å². The predicted molar refractivity (Wildman–Crippen MR) is 81.6 cm³/mol. The minimum atomic E-state index is 0.0695. The van der Waals surface area contributed by atoms with Crippen LogP contribution < -0.4 is 16.0 Å². The number of fused-ring (bicyclic) bond motifs is 1. The van der Waals surface area contributed by atoms with Gasteiger partial charge in [-0.3, -0.25) is 4.79 Å². The predicted octanol–water partition coefficient (Wildman–Crippen LogP) is -0.927. The number of H-pyrrole nitrogens is 1. The molecule has 0 spiro atoms.